The molecule has 4 aromatic rings. The highest BCUT2D eigenvalue weighted by Crippen LogP contribution is 2.53. The van der Waals surface area contributed by atoms with Crippen LogP contribution < -0.4 is 15.5 Å². The number of piperidine rings is 2. The third kappa shape index (κ3) is 5.21. The van der Waals surface area contributed by atoms with E-state index in [1.165, 1.54) is 25.8 Å². The number of hydrogen-bond donors (Lipinski definition) is 2. The summed E-state index contributed by atoms with van der Waals surface area (Å²) in [6, 6.07) is 16.2. The van der Waals surface area contributed by atoms with Gasteiger partial charge in [0.25, 0.3) is 5.91 Å². The van der Waals surface area contributed by atoms with Gasteiger partial charge in [0.1, 0.15) is 5.52 Å². The molecule has 3 saturated carbocycles. The fourth-order valence-electron chi connectivity index (χ4n) is 10.4. The summed E-state index contributed by atoms with van der Waals surface area (Å²) < 4.78 is 2.22. The van der Waals surface area contributed by atoms with Crippen molar-refractivity contribution in [2.75, 3.05) is 36.9 Å². The molecule has 2 bridgehead atoms. The molecule has 53 heavy (non-hydrogen) atoms. The molecule has 274 valence electrons. The predicted molar refractivity (Wildman–Crippen MR) is 204 cm³/mol. The minimum atomic E-state index is -0.612. The Morgan fingerprint density at radius 2 is 1.70 bits per heavy atom. The number of hydrogen-bond acceptors (Lipinski definition) is 7. The number of pyridine rings is 1. The second-order valence-corrected chi connectivity index (χ2v) is 16.6. The zero-order valence-electron chi connectivity index (χ0n) is 30.9. The molecule has 2 aromatic heterocycles. The molecule has 3 aliphatic heterocycles. The number of aryl methyl sites for hydroxylation is 1. The van der Waals surface area contributed by atoms with Crippen LogP contribution in [-0.2, 0) is 15.0 Å². The smallest absolute Gasteiger partial charge is 0.251 e. The van der Waals surface area contributed by atoms with Crippen molar-refractivity contribution in [2.45, 2.75) is 101 Å². The van der Waals surface area contributed by atoms with E-state index in [0.29, 0.717) is 49.4 Å². The lowest BCUT2D eigenvalue weighted by Crippen LogP contribution is -2.58. The average molecular weight is 713 g/mol. The largest absolute Gasteiger partial charge is 0.355 e. The van der Waals surface area contributed by atoms with Crippen LogP contribution in [0.15, 0.2) is 48.8 Å². The zero-order valence-corrected chi connectivity index (χ0v) is 30.9. The SMILES string of the molecule is CNC(=O)c1cc(Nc2nc(-c3ccc4c(c3)N(C3CC(N5C[C@H]6CC[C@@H]5C6)C3)C(=O)C43CCN(C(C)=O)CC3)cc3ncn(C4CC4)c23)ccc1C. The lowest BCUT2D eigenvalue weighted by atomic mass is 9.73. The van der Waals surface area contributed by atoms with E-state index in [1.54, 1.807) is 14.0 Å². The molecular weight excluding hydrogens is 665 g/mol. The van der Waals surface area contributed by atoms with E-state index in [-0.39, 0.29) is 23.8 Å². The average Bonchev–Trinajstić information content (AvgIpc) is 3.45. The number of aromatic nitrogens is 3. The van der Waals surface area contributed by atoms with E-state index in [1.807, 2.05) is 36.4 Å². The van der Waals surface area contributed by atoms with Crippen LogP contribution in [-0.4, -0.2) is 86.9 Å². The third-order valence-electron chi connectivity index (χ3n) is 13.6. The summed E-state index contributed by atoms with van der Waals surface area (Å²) in [6.45, 7) is 5.97. The maximum Gasteiger partial charge on any atom is 0.251 e. The van der Waals surface area contributed by atoms with Gasteiger partial charge in [-0.25, -0.2) is 9.97 Å². The van der Waals surface area contributed by atoms with Crippen LogP contribution in [0.2, 0.25) is 0 Å². The summed E-state index contributed by atoms with van der Waals surface area (Å²) in [5, 5.41) is 6.32. The molecule has 2 saturated heterocycles. The highest BCUT2D eigenvalue weighted by atomic mass is 16.2. The number of amides is 3. The van der Waals surface area contributed by atoms with Gasteiger partial charge in [0.05, 0.1) is 23.0 Å². The highest BCUT2D eigenvalue weighted by molar-refractivity contribution is 6.09. The van der Waals surface area contributed by atoms with E-state index < -0.39 is 5.41 Å². The van der Waals surface area contributed by atoms with E-state index in [4.69, 9.17) is 9.97 Å². The van der Waals surface area contributed by atoms with Gasteiger partial charge in [0.15, 0.2) is 5.82 Å². The van der Waals surface area contributed by atoms with Crippen molar-refractivity contribution in [3.63, 3.8) is 0 Å². The minimum Gasteiger partial charge on any atom is -0.355 e. The van der Waals surface area contributed by atoms with Gasteiger partial charge >= 0.3 is 0 Å². The van der Waals surface area contributed by atoms with Crippen molar-refractivity contribution in [3.8, 4) is 11.3 Å². The maximum atomic E-state index is 14.8. The van der Waals surface area contributed by atoms with Gasteiger partial charge in [-0.05, 0) is 106 Å². The first-order valence-electron chi connectivity index (χ1n) is 19.7. The number of imidazole rings is 1. The van der Waals surface area contributed by atoms with Crippen molar-refractivity contribution in [3.05, 3.63) is 65.5 Å². The molecule has 2 atom stereocenters. The van der Waals surface area contributed by atoms with E-state index >= 15 is 0 Å². The Bertz CT molecular complexity index is 2180. The Kier molecular flexibility index (Phi) is 7.52. The fraction of sp³-hybridized carbons (Fsp3) is 0.500. The van der Waals surface area contributed by atoms with Gasteiger partial charge in [-0.3, -0.25) is 19.3 Å². The molecule has 5 heterocycles. The van der Waals surface area contributed by atoms with Gasteiger partial charge in [-0.15, -0.1) is 0 Å². The third-order valence-corrected chi connectivity index (χ3v) is 13.6. The van der Waals surface area contributed by atoms with Gasteiger partial charge in [-0.2, -0.15) is 0 Å². The van der Waals surface area contributed by atoms with Crippen LogP contribution >= 0.6 is 0 Å². The quantitative estimate of drug-likeness (QED) is 0.239. The van der Waals surface area contributed by atoms with Crippen LogP contribution in [0.1, 0.15) is 92.2 Å². The maximum absolute atomic E-state index is 14.8. The van der Waals surface area contributed by atoms with E-state index in [2.05, 4.69) is 49.3 Å². The van der Waals surface area contributed by atoms with Crippen molar-refractivity contribution in [2.24, 2.45) is 5.92 Å². The number of anilines is 3. The normalized spacial score (nSPS) is 26.0. The number of benzene rings is 2. The van der Waals surface area contributed by atoms with Crippen molar-refractivity contribution in [1.82, 2.24) is 29.7 Å². The summed E-state index contributed by atoms with van der Waals surface area (Å²) in [6.07, 6.45) is 11.5. The van der Waals surface area contributed by atoms with Crippen LogP contribution in [0.3, 0.4) is 0 Å². The summed E-state index contributed by atoms with van der Waals surface area (Å²) in [7, 11) is 1.65. The second-order valence-electron chi connectivity index (χ2n) is 16.6. The Morgan fingerprint density at radius 3 is 2.40 bits per heavy atom. The summed E-state index contributed by atoms with van der Waals surface area (Å²) in [4.78, 5) is 56.7. The van der Waals surface area contributed by atoms with Crippen LogP contribution in [0.4, 0.5) is 17.2 Å². The Labute approximate surface area is 310 Å². The first-order chi connectivity index (χ1) is 25.7. The van der Waals surface area contributed by atoms with Crippen LogP contribution in [0, 0.1) is 12.8 Å². The molecular formula is C42H48N8O3. The van der Waals surface area contributed by atoms with Gasteiger partial charge in [0.2, 0.25) is 11.8 Å². The number of rotatable bonds is 7. The molecule has 11 nitrogen and oxygen atoms in total. The van der Waals surface area contributed by atoms with E-state index in [9.17, 15) is 14.4 Å². The molecule has 2 aromatic carbocycles. The number of nitrogens with zero attached hydrogens (tertiary/aromatic N) is 6. The number of likely N-dealkylation sites (tertiary alicyclic amines) is 2. The molecule has 0 unspecified atom stereocenters. The first kappa shape index (κ1) is 32.8. The van der Waals surface area contributed by atoms with Crippen molar-refractivity contribution < 1.29 is 14.4 Å². The molecule has 11 heteroatoms. The van der Waals surface area contributed by atoms with Crippen molar-refractivity contribution >= 4 is 45.9 Å². The van der Waals surface area contributed by atoms with Gasteiger partial charge < -0.3 is 25.0 Å². The lowest BCUT2D eigenvalue weighted by Gasteiger charge is -2.48. The highest BCUT2D eigenvalue weighted by Gasteiger charge is 2.56. The molecule has 3 aliphatic carbocycles. The Morgan fingerprint density at radius 1 is 0.906 bits per heavy atom. The lowest BCUT2D eigenvalue weighted by molar-refractivity contribution is -0.134. The number of nitrogens with one attached hydrogen (secondary N) is 2. The second kappa shape index (κ2) is 12.1. The minimum absolute atomic E-state index is 0.0740. The Balaban J connectivity index is 1.03. The van der Waals surface area contributed by atoms with Crippen molar-refractivity contribution in [1.29, 1.82) is 0 Å². The molecule has 3 amide bonds. The predicted octanol–water partition coefficient (Wildman–Crippen LogP) is 6.09. The molecule has 5 fully saturated rings. The zero-order chi connectivity index (χ0) is 36.2. The number of carbonyl (C=O) groups is 3. The van der Waals surface area contributed by atoms with Crippen LogP contribution in [0.25, 0.3) is 22.3 Å². The van der Waals surface area contributed by atoms with Crippen LogP contribution in [0.5, 0.6) is 0 Å². The summed E-state index contributed by atoms with van der Waals surface area (Å²) in [5.41, 5.74) is 7.29. The van der Waals surface area contributed by atoms with E-state index in [0.717, 1.165) is 82.4 Å². The molecule has 6 aliphatic rings. The van der Waals surface area contributed by atoms with Gasteiger partial charge in [0, 0.05) is 80.3 Å². The van der Waals surface area contributed by atoms with Gasteiger partial charge in [-0.1, -0.05) is 18.2 Å². The fourth-order valence-corrected chi connectivity index (χ4v) is 10.4. The number of carbonyl (C=O) groups excluding carboxylic acids is 3. The molecule has 0 radical (unpaired) electrons. The molecule has 1 spiro atoms. The summed E-state index contributed by atoms with van der Waals surface area (Å²) in [5.74, 6) is 1.70. The molecule has 2 N–H and O–H groups in total. The Hall–Kier alpha value is -4.77. The monoisotopic (exact) mass is 712 g/mol. The molecule has 10 rings (SSSR count). The standard InChI is InChI=1S/C42H48N8O3/c1-24-4-7-28(18-33(24)40(52)43-3)45-39-38-36(44-23-49(38)29-9-10-29)21-35(46-39)27-6-11-34-37(17-27)50(41(53)42(34)12-14-47(15-13-42)25(2)51)32-19-31(20-32)48-22-26-5-8-30(48)16-26/h4,6-7,11,17-18,21,23,26,29-32H,5,8-10,12-16,19-20,22H2,1-3H3,(H,43,52)(H,45,46)/t26-,30+,31?,32?/m0/s1. The number of fused-ring (bicyclic) bond motifs is 5. The topological polar surface area (TPSA) is 116 Å². The first-order valence-corrected chi connectivity index (χ1v) is 19.7. The summed E-state index contributed by atoms with van der Waals surface area (Å²) >= 11 is 0.